The molecule has 1 saturated heterocycles. The van der Waals surface area contributed by atoms with Gasteiger partial charge in [0.05, 0.1) is 0 Å². The summed E-state index contributed by atoms with van der Waals surface area (Å²) in [5.74, 6) is -0.150. The summed E-state index contributed by atoms with van der Waals surface area (Å²) in [6.07, 6.45) is 2.69. The summed E-state index contributed by atoms with van der Waals surface area (Å²) in [6.45, 7) is 2.49. The van der Waals surface area contributed by atoms with Crippen LogP contribution in [0.5, 0.6) is 0 Å². The summed E-state index contributed by atoms with van der Waals surface area (Å²) in [6, 6.07) is 10.9. The molecule has 0 spiro atoms. The lowest BCUT2D eigenvalue weighted by Gasteiger charge is -2.35. The van der Waals surface area contributed by atoms with Crippen molar-refractivity contribution in [3.05, 3.63) is 47.5 Å². The topological polar surface area (TPSA) is 78.0 Å². The van der Waals surface area contributed by atoms with Crippen LogP contribution < -0.4 is 0 Å². The van der Waals surface area contributed by atoms with E-state index in [4.69, 9.17) is 0 Å². The van der Waals surface area contributed by atoms with E-state index >= 15 is 0 Å². The normalized spacial score (nSPS) is 18.6. The van der Waals surface area contributed by atoms with Crippen molar-refractivity contribution in [1.29, 1.82) is 0 Å². The molecule has 5 rings (SSSR count). The molecule has 0 N–H and O–H groups in total. The van der Waals surface area contributed by atoms with Gasteiger partial charge in [-0.3, -0.25) is 24.1 Å². The summed E-state index contributed by atoms with van der Waals surface area (Å²) in [5.41, 5.74) is 1.07. The minimum atomic E-state index is -0.297. The molecule has 7 heteroatoms. The lowest BCUT2D eigenvalue weighted by Crippen LogP contribution is -2.51. The quantitative estimate of drug-likeness (QED) is 0.697. The lowest BCUT2D eigenvalue weighted by atomic mass is 9.94. The highest BCUT2D eigenvalue weighted by Gasteiger charge is 2.35. The zero-order chi connectivity index (χ0) is 21.5. The van der Waals surface area contributed by atoms with Gasteiger partial charge in [0, 0.05) is 61.6 Å². The molecule has 1 saturated carbocycles. The minimum absolute atomic E-state index is 0.0120. The van der Waals surface area contributed by atoms with Gasteiger partial charge in [-0.2, -0.15) is 0 Å². The fourth-order valence-corrected chi connectivity index (χ4v) is 4.59. The summed E-state index contributed by atoms with van der Waals surface area (Å²) in [7, 11) is 0. The average Bonchev–Trinajstić information content (AvgIpc) is 3.64. The van der Waals surface area contributed by atoms with Crippen LogP contribution in [0.3, 0.4) is 0 Å². The molecule has 7 nitrogen and oxygen atoms in total. The molecule has 2 aromatic carbocycles. The van der Waals surface area contributed by atoms with Crippen LogP contribution in [0.1, 0.15) is 46.4 Å². The third-order valence-electron chi connectivity index (χ3n) is 6.50. The van der Waals surface area contributed by atoms with Gasteiger partial charge in [-0.1, -0.05) is 24.3 Å². The van der Waals surface area contributed by atoms with Gasteiger partial charge in [0.1, 0.15) is 0 Å². The van der Waals surface area contributed by atoms with Crippen molar-refractivity contribution in [2.75, 3.05) is 32.7 Å². The zero-order valence-corrected chi connectivity index (χ0v) is 17.4. The fourth-order valence-electron chi connectivity index (χ4n) is 4.59. The molecule has 0 bridgehead atoms. The van der Waals surface area contributed by atoms with E-state index in [0.29, 0.717) is 49.1 Å². The number of hydrogen-bond donors (Lipinski definition) is 0. The van der Waals surface area contributed by atoms with Gasteiger partial charge in [-0.15, -0.1) is 0 Å². The molecule has 2 heterocycles. The highest BCUT2D eigenvalue weighted by Crippen LogP contribution is 2.32. The Balaban J connectivity index is 1.17. The van der Waals surface area contributed by atoms with Crippen molar-refractivity contribution in [2.24, 2.45) is 5.92 Å². The predicted octanol–water partition coefficient (Wildman–Crippen LogP) is 2.30. The fraction of sp³-hybridized carbons (Fsp3) is 0.417. The van der Waals surface area contributed by atoms with Crippen LogP contribution in [0.2, 0.25) is 0 Å². The van der Waals surface area contributed by atoms with Crippen molar-refractivity contribution in [1.82, 2.24) is 14.7 Å². The molecule has 0 atom stereocenters. The molecule has 0 radical (unpaired) electrons. The lowest BCUT2D eigenvalue weighted by molar-refractivity contribution is -0.140. The van der Waals surface area contributed by atoms with E-state index in [-0.39, 0.29) is 42.5 Å². The molecule has 4 amide bonds. The monoisotopic (exact) mass is 419 g/mol. The van der Waals surface area contributed by atoms with Crippen molar-refractivity contribution >= 4 is 34.4 Å². The number of carbonyl (C=O) groups excluding carboxylic acids is 4. The molecular weight excluding hydrogens is 394 g/mol. The van der Waals surface area contributed by atoms with E-state index in [1.54, 1.807) is 17.0 Å². The maximum absolute atomic E-state index is 12.9. The number of nitrogens with zero attached hydrogens (tertiary/aromatic N) is 3. The van der Waals surface area contributed by atoms with Crippen LogP contribution in [0.4, 0.5) is 0 Å². The first kappa shape index (κ1) is 19.7. The maximum atomic E-state index is 12.9. The number of imide groups is 1. The Morgan fingerprint density at radius 1 is 0.839 bits per heavy atom. The Labute approximate surface area is 180 Å². The highest BCUT2D eigenvalue weighted by atomic mass is 16.2. The Kier molecular flexibility index (Phi) is 4.96. The molecule has 2 fully saturated rings. The van der Waals surface area contributed by atoms with Gasteiger partial charge >= 0.3 is 0 Å². The number of rotatable bonds is 5. The Morgan fingerprint density at radius 3 is 2.00 bits per heavy atom. The van der Waals surface area contributed by atoms with Crippen molar-refractivity contribution < 1.29 is 19.2 Å². The Hall–Kier alpha value is -3.22. The Morgan fingerprint density at radius 2 is 1.42 bits per heavy atom. The standard InChI is InChI=1S/C24H25N3O4/c28-20(25-12-14-26(15-13-25)22(29)17-9-10-17)8-3-11-27-23(30)18-6-1-4-16-5-2-7-19(21(16)18)24(27)31/h1-2,4-7,17H,3,8-15H2. The van der Waals surface area contributed by atoms with Gasteiger partial charge in [-0.05, 0) is 36.8 Å². The Bertz CT molecular complexity index is 1030. The first-order valence-electron chi connectivity index (χ1n) is 11.0. The summed E-state index contributed by atoms with van der Waals surface area (Å²) in [5, 5.41) is 1.59. The minimum Gasteiger partial charge on any atom is -0.339 e. The summed E-state index contributed by atoms with van der Waals surface area (Å²) in [4.78, 5) is 55.5. The van der Waals surface area contributed by atoms with Crippen LogP contribution in [-0.4, -0.2) is 71.1 Å². The largest absolute Gasteiger partial charge is 0.339 e. The molecule has 2 aromatic rings. The number of benzene rings is 2. The smallest absolute Gasteiger partial charge is 0.261 e. The van der Waals surface area contributed by atoms with Gasteiger partial charge in [-0.25, -0.2) is 0 Å². The maximum Gasteiger partial charge on any atom is 0.261 e. The second kappa shape index (κ2) is 7.80. The molecule has 160 valence electrons. The van der Waals surface area contributed by atoms with E-state index in [1.165, 1.54) is 4.90 Å². The van der Waals surface area contributed by atoms with Crippen LogP contribution >= 0.6 is 0 Å². The van der Waals surface area contributed by atoms with Crippen molar-refractivity contribution in [3.63, 3.8) is 0 Å². The molecule has 2 aliphatic heterocycles. The number of amides is 4. The molecule has 0 aromatic heterocycles. The van der Waals surface area contributed by atoms with E-state index in [9.17, 15) is 19.2 Å². The van der Waals surface area contributed by atoms with Crippen molar-refractivity contribution in [3.8, 4) is 0 Å². The molecule has 1 aliphatic carbocycles. The van der Waals surface area contributed by atoms with E-state index in [1.807, 2.05) is 29.2 Å². The summed E-state index contributed by atoms with van der Waals surface area (Å²) < 4.78 is 0. The third kappa shape index (κ3) is 3.58. The van der Waals surface area contributed by atoms with Gasteiger partial charge in [0.2, 0.25) is 11.8 Å². The first-order chi connectivity index (χ1) is 15.0. The van der Waals surface area contributed by atoms with Crippen LogP contribution in [0.15, 0.2) is 36.4 Å². The second-order valence-corrected chi connectivity index (χ2v) is 8.56. The molecule has 31 heavy (non-hydrogen) atoms. The second-order valence-electron chi connectivity index (χ2n) is 8.56. The highest BCUT2D eigenvalue weighted by molar-refractivity contribution is 6.25. The summed E-state index contributed by atoms with van der Waals surface area (Å²) >= 11 is 0. The van der Waals surface area contributed by atoms with Gasteiger partial charge in [0.25, 0.3) is 11.8 Å². The predicted molar refractivity (Wildman–Crippen MR) is 114 cm³/mol. The first-order valence-corrected chi connectivity index (χ1v) is 11.0. The van der Waals surface area contributed by atoms with E-state index < -0.39 is 0 Å². The van der Waals surface area contributed by atoms with E-state index in [0.717, 1.165) is 18.2 Å². The molecular formula is C24H25N3O4. The van der Waals surface area contributed by atoms with Gasteiger partial charge in [0.15, 0.2) is 0 Å². The third-order valence-corrected chi connectivity index (χ3v) is 6.50. The van der Waals surface area contributed by atoms with Gasteiger partial charge < -0.3 is 9.80 Å². The number of piperazine rings is 1. The number of carbonyl (C=O) groups is 4. The SMILES string of the molecule is O=C(CCCN1C(=O)c2cccc3cccc(c23)C1=O)N1CCN(C(=O)C2CC2)CC1. The van der Waals surface area contributed by atoms with Crippen LogP contribution in [0, 0.1) is 5.92 Å². The van der Waals surface area contributed by atoms with Crippen molar-refractivity contribution in [2.45, 2.75) is 25.7 Å². The molecule has 0 unspecified atom stereocenters. The van der Waals surface area contributed by atoms with Crippen LogP contribution in [-0.2, 0) is 9.59 Å². The zero-order valence-electron chi connectivity index (χ0n) is 17.4. The average molecular weight is 419 g/mol. The van der Waals surface area contributed by atoms with Crippen LogP contribution in [0.25, 0.3) is 10.8 Å². The number of hydrogen-bond acceptors (Lipinski definition) is 4. The van der Waals surface area contributed by atoms with E-state index in [2.05, 4.69) is 0 Å². The molecule has 3 aliphatic rings.